The van der Waals surface area contributed by atoms with Gasteiger partial charge in [0.15, 0.2) is 0 Å². The molecule has 1 aliphatic rings. The Kier molecular flexibility index (Phi) is 4.36. The first-order valence-corrected chi connectivity index (χ1v) is 8.18. The summed E-state index contributed by atoms with van der Waals surface area (Å²) in [6.07, 6.45) is 4.61. The molecule has 1 amide bonds. The summed E-state index contributed by atoms with van der Waals surface area (Å²) < 4.78 is 0. The summed E-state index contributed by atoms with van der Waals surface area (Å²) in [7, 11) is 0. The maximum Gasteiger partial charge on any atom is 0.261 e. The number of aliphatic hydroxyl groups is 1. The van der Waals surface area contributed by atoms with Gasteiger partial charge in [0, 0.05) is 4.88 Å². The molecule has 1 aliphatic carbocycles. The van der Waals surface area contributed by atoms with E-state index in [9.17, 15) is 9.90 Å². The molecule has 1 aromatic heterocycles. The predicted octanol–water partition coefficient (Wildman–Crippen LogP) is 3.09. The van der Waals surface area contributed by atoms with Crippen LogP contribution in [0.4, 0.5) is 0 Å². The number of benzene rings is 1. The van der Waals surface area contributed by atoms with E-state index in [0.29, 0.717) is 0 Å². The lowest BCUT2D eigenvalue weighted by Gasteiger charge is -2.16. The molecular formula is C17H19NO2S. The molecule has 1 heterocycles. The van der Waals surface area contributed by atoms with Crippen LogP contribution in [0.3, 0.4) is 0 Å². The first kappa shape index (κ1) is 14.3. The van der Waals surface area contributed by atoms with Crippen LogP contribution < -0.4 is 5.32 Å². The fraction of sp³-hybridized carbons (Fsp3) is 0.353. The molecule has 21 heavy (non-hydrogen) atoms. The molecule has 2 aromatic rings. The Bertz CT molecular complexity index is 597. The lowest BCUT2D eigenvalue weighted by Crippen LogP contribution is -2.30. The van der Waals surface area contributed by atoms with Gasteiger partial charge in [-0.1, -0.05) is 30.3 Å². The number of aliphatic hydroxyl groups excluding tert-OH is 1. The first-order chi connectivity index (χ1) is 10.3. The van der Waals surface area contributed by atoms with Crippen LogP contribution in [-0.4, -0.2) is 17.6 Å². The van der Waals surface area contributed by atoms with E-state index in [1.807, 2.05) is 36.4 Å². The van der Waals surface area contributed by atoms with Gasteiger partial charge >= 0.3 is 0 Å². The molecule has 3 nitrogen and oxygen atoms in total. The minimum absolute atomic E-state index is 0.0858. The molecule has 2 N–H and O–H groups in total. The summed E-state index contributed by atoms with van der Waals surface area (Å²) in [6.45, 7) is -0.0964. The van der Waals surface area contributed by atoms with Crippen molar-refractivity contribution < 1.29 is 9.90 Å². The van der Waals surface area contributed by atoms with E-state index in [1.54, 1.807) is 11.3 Å². The molecule has 1 atom stereocenters. The number of fused-ring (bicyclic) bond motifs is 1. The van der Waals surface area contributed by atoms with Gasteiger partial charge in [-0.25, -0.2) is 0 Å². The highest BCUT2D eigenvalue weighted by Crippen LogP contribution is 2.30. The summed E-state index contributed by atoms with van der Waals surface area (Å²) >= 11 is 1.60. The largest absolute Gasteiger partial charge is 0.394 e. The van der Waals surface area contributed by atoms with Crippen molar-refractivity contribution in [3.63, 3.8) is 0 Å². The van der Waals surface area contributed by atoms with Gasteiger partial charge in [-0.15, -0.1) is 11.3 Å². The molecule has 4 heteroatoms. The third kappa shape index (κ3) is 3.17. The third-order valence-corrected chi connectivity index (χ3v) is 5.15. The molecule has 110 valence electrons. The second-order valence-electron chi connectivity index (χ2n) is 5.39. The van der Waals surface area contributed by atoms with Crippen LogP contribution in [0, 0.1) is 0 Å². The van der Waals surface area contributed by atoms with E-state index in [0.717, 1.165) is 23.3 Å². The number of amides is 1. The molecule has 0 radical (unpaired) electrons. The summed E-state index contributed by atoms with van der Waals surface area (Å²) in [5, 5.41) is 12.5. The fourth-order valence-electron chi connectivity index (χ4n) is 2.75. The Hall–Kier alpha value is -1.65. The van der Waals surface area contributed by atoms with Crippen LogP contribution in [0.25, 0.3) is 0 Å². The van der Waals surface area contributed by atoms with Crippen LogP contribution in [0.15, 0.2) is 36.4 Å². The maximum absolute atomic E-state index is 12.4. The standard InChI is InChI=1S/C17H19NO2S/c19-11-14(12-6-2-1-3-7-12)18-17(20)16-10-13-8-4-5-9-15(13)21-16/h1-3,6-7,10,14,19H,4-5,8-9,11H2,(H,18,20). The van der Waals surface area contributed by atoms with Crippen LogP contribution in [0.1, 0.15) is 44.6 Å². The molecule has 0 aliphatic heterocycles. The number of rotatable bonds is 4. The summed E-state index contributed by atoms with van der Waals surface area (Å²) in [5.41, 5.74) is 2.26. The number of aryl methyl sites for hydroxylation is 2. The summed E-state index contributed by atoms with van der Waals surface area (Å²) in [4.78, 5) is 14.5. The van der Waals surface area contributed by atoms with E-state index in [2.05, 4.69) is 5.32 Å². The number of thiophene rings is 1. The Balaban J connectivity index is 1.74. The molecule has 0 bridgehead atoms. The Morgan fingerprint density at radius 1 is 1.24 bits per heavy atom. The molecule has 0 saturated carbocycles. The maximum atomic E-state index is 12.4. The Morgan fingerprint density at radius 2 is 2.00 bits per heavy atom. The zero-order chi connectivity index (χ0) is 14.7. The minimum Gasteiger partial charge on any atom is -0.394 e. The highest BCUT2D eigenvalue weighted by Gasteiger charge is 2.20. The number of hydrogen-bond acceptors (Lipinski definition) is 3. The molecule has 0 spiro atoms. The van der Waals surface area contributed by atoms with E-state index < -0.39 is 0 Å². The van der Waals surface area contributed by atoms with E-state index >= 15 is 0 Å². The van der Waals surface area contributed by atoms with Gasteiger partial charge in [0.2, 0.25) is 0 Å². The van der Waals surface area contributed by atoms with Crippen molar-refractivity contribution in [2.75, 3.05) is 6.61 Å². The third-order valence-electron chi connectivity index (χ3n) is 3.91. The van der Waals surface area contributed by atoms with E-state index in [-0.39, 0.29) is 18.6 Å². The number of carbonyl (C=O) groups is 1. The van der Waals surface area contributed by atoms with Gasteiger partial charge in [-0.3, -0.25) is 4.79 Å². The molecule has 0 fully saturated rings. The molecule has 0 saturated heterocycles. The van der Waals surface area contributed by atoms with E-state index in [1.165, 1.54) is 23.3 Å². The summed E-state index contributed by atoms with van der Waals surface area (Å²) in [6, 6.07) is 11.3. The van der Waals surface area contributed by atoms with Gasteiger partial charge in [0.05, 0.1) is 17.5 Å². The lowest BCUT2D eigenvalue weighted by molar-refractivity contribution is 0.0920. The van der Waals surface area contributed by atoms with Crippen molar-refractivity contribution in [2.45, 2.75) is 31.7 Å². The SMILES string of the molecule is O=C(NC(CO)c1ccccc1)c1cc2c(s1)CCCC2. The van der Waals surface area contributed by atoms with Crippen LogP contribution in [0.5, 0.6) is 0 Å². The smallest absolute Gasteiger partial charge is 0.261 e. The number of hydrogen-bond donors (Lipinski definition) is 2. The topological polar surface area (TPSA) is 49.3 Å². The van der Waals surface area contributed by atoms with Gasteiger partial charge in [-0.05, 0) is 42.9 Å². The van der Waals surface area contributed by atoms with Crippen LogP contribution in [-0.2, 0) is 12.8 Å². The van der Waals surface area contributed by atoms with Crippen molar-refractivity contribution in [3.05, 3.63) is 57.3 Å². The van der Waals surface area contributed by atoms with Crippen LogP contribution in [0.2, 0.25) is 0 Å². The van der Waals surface area contributed by atoms with Crippen molar-refractivity contribution in [1.29, 1.82) is 0 Å². The Morgan fingerprint density at radius 3 is 2.71 bits per heavy atom. The van der Waals surface area contributed by atoms with Crippen molar-refractivity contribution in [1.82, 2.24) is 5.32 Å². The highest BCUT2D eigenvalue weighted by atomic mass is 32.1. The molecule has 1 unspecified atom stereocenters. The normalized spacial score (nSPS) is 15.3. The van der Waals surface area contributed by atoms with Crippen LogP contribution >= 0.6 is 11.3 Å². The molecule has 1 aromatic carbocycles. The van der Waals surface area contributed by atoms with E-state index in [4.69, 9.17) is 0 Å². The second-order valence-corrected chi connectivity index (χ2v) is 6.52. The zero-order valence-electron chi connectivity index (χ0n) is 11.8. The van der Waals surface area contributed by atoms with Crippen molar-refractivity contribution in [3.8, 4) is 0 Å². The van der Waals surface area contributed by atoms with Gasteiger partial charge < -0.3 is 10.4 Å². The minimum atomic E-state index is -0.349. The second kappa shape index (κ2) is 6.41. The van der Waals surface area contributed by atoms with Gasteiger partial charge in [0.25, 0.3) is 5.91 Å². The molecular weight excluding hydrogens is 282 g/mol. The first-order valence-electron chi connectivity index (χ1n) is 7.36. The highest BCUT2D eigenvalue weighted by molar-refractivity contribution is 7.14. The average molecular weight is 301 g/mol. The molecule has 3 rings (SSSR count). The summed E-state index contributed by atoms with van der Waals surface area (Å²) in [5.74, 6) is -0.0858. The Labute approximate surface area is 128 Å². The predicted molar refractivity (Wildman–Crippen MR) is 84.7 cm³/mol. The van der Waals surface area contributed by atoms with Gasteiger partial charge in [-0.2, -0.15) is 0 Å². The quantitative estimate of drug-likeness (QED) is 0.911. The number of nitrogens with one attached hydrogen (secondary N) is 1. The average Bonchev–Trinajstić information content (AvgIpc) is 2.97. The lowest BCUT2D eigenvalue weighted by atomic mass is 9.99. The van der Waals surface area contributed by atoms with Gasteiger partial charge in [0.1, 0.15) is 0 Å². The zero-order valence-corrected chi connectivity index (χ0v) is 12.7. The monoisotopic (exact) mass is 301 g/mol. The van der Waals surface area contributed by atoms with Crippen molar-refractivity contribution in [2.24, 2.45) is 0 Å². The number of carbonyl (C=O) groups excluding carboxylic acids is 1. The fourth-order valence-corrected chi connectivity index (χ4v) is 3.91. The van der Waals surface area contributed by atoms with Crippen molar-refractivity contribution >= 4 is 17.2 Å².